The second-order valence-corrected chi connectivity index (χ2v) is 13.5. The van der Waals surface area contributed by atoms with Crippen LogP contribution < -0.4 is 15.5 Å². The van der Waals surface area contributed by atoms with E-state index >= 15 is 0 Å². The van der Waals surface area contributed by atoms with Crippen molar-refractivity contribution in [1.29, 1.82) is 0 Å². The van der Waals surface area contributed by atoms with E-state index in [1.807, 2.05) is 0 Å². The third kappa shape index (κ3) is 4.39. The van der Waals surface area contributed by atoms with Crippen molar-refractivity contribution in [3.8, 4) is 22.8 Å². The third-order valence-corrected chi connectivity index (χ3v) is 11.3. The zero-order valence-electron chi connectivity index (χ0n) is 25.2. The number of rotatable bonds is 4. The predicted molar refractivity (Wildman–Crippen MR) is 174 cm³/mol. The number of nitrogens with one attached hydrogen (secondary N) is 2. The molecule has 5 aliphatic rings. The summed E-state index contributed by atoms with van der Waals surface area (Å²) in [7, 11) is 0. The van der Waals surface area contributed by atoms with E-state index in [0.29, 0.717) is 48.1 Å². The second kappa shape index (κ2) is 11.1. The fraction of sp³-hybridized carbons (Fsp3) is 0.432. The van der Waals surface area contributed by atoms with Crippen molar-refractivity contribution in [2.45, 2.75) is 68.4 Å². The van der Waals surface area contributed by atoms with Crippen molar-refractivity contribution >= 4 is 5.69 Å². The minimum Gasteiger partial charge on any atom is -0.360 e. The second-order valence-electron chi connectivity index (χ2n) is 13.5. The number of aromatic nitrogens is 3. The summed E-state index contributed by atoms with van der Waals surface area (Å²) >= 11 is 0. The predicted octanol–water partition coefficient (Wildman–Crippen LogP) is 5.33. The van der Waals surface area contributed by atoms with E-state index in [1.54, 1.807) is 0 Å². The van der Waals surface area contributed by atoms with Gasteiger partial charge in [-0.2, -0.15) is 0 Å². The molecule has 4 saturated heterocycles. The number of nitrogens with zero attached hydrogens (tertiary/aromatic N) is 5. The van der Waals surface area contributed by atoms with Crippen molar-refractivity contribution in [2.75, 3.05) is 24.5 Å². The largest absolute Gasteiger partial charge is 0.360 e. The van der Waals surface area contributed by atoms with E-state index in [1.165, 1.54) is 24.9 Å². The van der Waals surface area contributed by atoms with Gasteiger partial charge < -0.3 is 10.2 Å². The first-order chi connectivity index (χ1) is 21.8. The van der Waals surface area contributed by atoms with Gasteiger partial charge in [-0.25, -0.2) is 15.0 Å². The summed E-state index contributed by atoms with van der Waals surface area (Å²) in [5.74, 6) is 4.14. The van der Waals surface area contributed by atoms with Crippen LogP contribution in [0.15, 0.2) is 91.0 Å². The van der Waals surface area contributed by atoms with Crippen molar-refractivity contribution in [1.82, 2.24) is 30.5 Å². The Balaban J connectivity index is 1.08. The van der Waals surface area contributed by atoms with Crippen LogP contribution in [0, 0.1) is 11.8 Å². The van der Waals surface area contributed by atoms with Gasteiger partial charge in [-0.1, -0.05) is 78.9 Å². The van der Waals surface area contributed by atoms with Gasteiger partial charge >= 0.3 is 0 Å². The van der Waals surface area contributed by atoms with Gasteiger partial charge in [0, 0.05) is 41.4 Å². The summed E-state index contributed by atoms with van der Waals surface area (Å²) in [6, 6.07) is 34.2. The lowest BCUT2D eigenvalue weighted by Crippen LogP contribution is -2.76. The van der Waals surface area contributed by atoms with Crippen molar-refractivity contribution in [3.63, 3.8) is 0 Å². The Labute approximate surface area is 260 Å². The molecule has 0 spiro atoms. The van der Waals surface area contributed by atoms with Crippen molar-refractivity contribution in [2.24, 2.45) is 11.8 Å². The molecule has 7 nitrogen and oxygen atoms in total. The van der Waals surface area contributed by atoms with Gasteiger partial charge in [0.2, 0.25) is 0 Å². The average Bonchev–Trinajstić information content (AvgIpc) is 3.44. The Hall–Kier alpha value is -3.65. The highest BCUT2D eigenvalue weighted by atomic mass is 15.5. The van der Waals surface area contributed by atoms with Crippen LogP contribution in [0.2, 0.25) is 0 Å². The molecule has 1 saturated carbocycles. The van der Waals surface area contributed by atoms with Gasteiger partial charge in [0.1, 0.15) is 5.82 Å². The lowest BCUT2D eigenvalue weighted by Gasteiger charge is -2.60. The highest BCUT2D eigenvalue weighted by Gasteiger charge is 2.62. The summed E-state index contributed by atoms with van der Waals surface area (Å²) in [4.78, 5) is 21.2. The average molecular weight is 584 g/mol. The maximum atomic E-state index is 5.18. The van der Waals surface area contributed by atoms with Crippen molar-refractivity contribution < 1.29 is 0 Å². The van der Waals surface area contributed by atoms with E-state index in [2.05, 4.69) is 111 Å². The third-order valence-electron chi connectivity index (χ3n) is 11.3. The zero-order chi connectivity index (χ0) is 29.0. The Morgan fingerprint density at radius 1 is 0.636 bits per heavy atom. The monoisotopic (exact) mass is 583 g/mol. The lowest BCUT2D eigenvalue weighted by molar-refractivity contribution is -0.00242. The van der Waals surface area contributed by atoms with Gasteiger partial charge in [0.05, 0.1) is 18.2 Å². The van der Waals surface area contributed by atoms with Crippen LogP contribution in [0.5, 0.6) is 0 Å². The van der Waals surface area contributed by atoms with E-state index in [-0.39, 0.29) is 0 Å². The number of anilines is 1. The Morgan fingerprint density at radius 3 is 2.02 bits per heavy atom. The highest BCUT2D eigenvalue weighted by molar-refractivity contribution is 5.61. The molecule has 8 unspecified atom stereocenters. The molecule has 1 aromatic heterocycles. The maximum absolute atomic E-state index is 5.18. The summed E-state index contributed by atoms with van der Waals surface area (Å²) in [6.07, 6.45) is 6.40. The summed E-state index contributed by atoms with van der Waals surface area (Å²) in [5, 5.41) is 7.97. The molecule has 9 rings (SSSR count). The molecule has 0 bridgehead atoms. The SMILES string of the molecule is c1ccc(-c2nc(-c3ccccc3)nc(C3CCC4C(C3)C3CNCC5C3N4C3NCCCC3N5c3ccccc3)n2)cc1. The molecule has 0 amide bonds. The molecule has 3 aromatic carbocycles. The number of hydrogen-bond acceptors (Lipinski definition) is 7. The van der Waals surface area contributed by atoms with Gasteiger partial charge in [0.25, 0.3) is 0 Å². The lowest BCUT2D eigenvalue weighted by atomic mass is 9.71. The molecule has 224 valence electrons. The van der Waals surface area contributed by atoms with Crippen LogP contribution in [-0.2, 0) is 0 Å². The van der Waals surface area contributed by atoms with Gasteiger partial charge in [-0.15, -0.1) is 0 Å². The first-order valence-corrected chi connectivity index (χ1v) is 16.8. The van der Waals surface area contributed by atoms with Crippen LogP contribution in [0.4, 0.5) is 5.69 Å². The molecule has 5 fully saturated rings. The normalized spacial score (nSPS) is 32.9. The molecular formula is C37H41N7. The highest BCUT2D eigenvalue weighted by Crippen LogP contribution is 2.53. The number of piperazine rings is 1. The van der Waals surface area contributed by atoms with Crippen LogP contribution in [-0.4, -0.2) is 69.8 Å². The molecule has 0 radical (unpaired) electrons. The molecule has 2 N–H and O–H groups in total. The van der Waals surface area contributed by atoms with E-state index in [4.69, 9.17) is 15.0 Å². The molecule has 7 heteroatoms. The Morgan fingerprint density at radius 2 is 1.32 bits per heavy atom. The Bertz CT molecular complexity index is 1540. The molecule has 8 atom stereocenters. The fourth-order valence-corrected chi connectivity index (χ4v) is 9.57. The molecular weight excluding hydrogens is 542 g/mol. The Kier molecular flexibility index (Phi) is 6.72. The standard InChI is InChI=1S/C37H41N7/c1-4-11-24(12-5-1)34-40-35(25-13-6-2-7-14-25)42-36(41-34)26-18-19-30-28(21-26)29-22-38-23-32-33(29)44(30)37-31(17-10-20-39-37)43(32)27-15-8-3-9-16-27/h1-9,11-16,26,28-33,37-39H,10,17-23H2. The molecule has 4 aromatic rings. The van der Waals surface area contributed by atoms with Gasteiger partial charge in [-0.3, -0.25) is 10.2 Å². The number of benzene rings is 3. The number of para-hydroxylation sites is 1. The van der Waals surface area contributed by atoms with Gasteiger partial charge in [-0.05, 0) is 69.2 Å². The van der Waals surface area contributed by atoms with Crippen LogP contribution in [0.3, 0.4) is 0 Å². The van der Waals surface area contributed by atoms with Crippen molar-refractivity contribution in [3.05, 3.63) is 96.8 Å². The molecule has 1 aliphatic carbocycles. The minimum absolute atomic E-state index is 0.339. The van der Waals surface area contributed by atoms with E-state index in [0.717, 1.165) is 61.1 Å². The fourth-order valence-electron chi connectivity index (χ4n) is 9.57. The molecule has 4 aliphatic heterocycles. The minimum atomic E-state index is 0.339. The number of fused-ring (bicyclic) bond motifs is 5. The number of piperidine rings is 2. The quantitative estimate of drug-likeness (QED) is 0.337. The van der Waals surface area contributed by atoms with E-state index < -0.39 is 0 Å². The van der Waals surface area contributed by atoms with Crippen LogP contribution in [0.25, 0.3) is 22.8 Å². The summed E-state index contributed by atoms with van der Waals surface area (Å²) < 4.78 is 0. The molecule has 44 heavy (non-hydrogen) atoms. The van der Waals surface area contributed by atoms with Gasteiger partial charge in [0.15, 0.2) is 11.6 Å². The first-order valence-electron chi connectivity index (χ1n) is 16.8. The van der Waals surface area contributed by atoms with Crippen LogP contribution >= 0.6 is 0 Å². The van der Waals surface area contributed by atoms with E-state index in [9.17, 15) is 0 Å². The first kappa shape index (κ1) is 26.7. The summed E-state index contributed by atoms with van der Waals surface area (Å²) in [5.41, 5.74) is 3.49. The number of hydrogen-bond donors (Lipinski definition) is 2. The smallest absolute Gasteiger partial charge is 0.163 e. The molecule has 5 heterocycles. The topological polar surface area (TPSA) is 69.2 Å². The maximum Gasteiger partial charge on any atom is 0.163 e. The zero-order valence-corrected chi connectivity index (χ0v) is 25.2. The van der Waals surface area contributed by atoms with Crippen LogP contribution in [0.1, 0.15) is 43.8 Å². The summed E-state index contributed by atoms with van der Waals surface area (Å²) in [6.45, 7) is 3.29.